The van der Waals surface area contributed by atoms with E-state index in [4.69, 9.17) is 5.11 Å². The molecule has 7 nitrogen and oxygen atoms in total. The van der Waals surface area contributed by atoms with Crippen LogP contribution in [0.1, 0.15) is 19.8 Å². The molecule has 0 fully saturated rings. The lowest BCUT2D eigenvalue weighted by Gasteiger charge is -2.08. The van der Waals surface area contributed by atoms with Crippen molar-refractivity contribution in [1.82, 2.24) is 19.7 Å². The number of aromatic nitrogens is 4. The zero-order valence-corrected chi connectivity index (χ0v) is 11.0. The van der Waals surface area contributed by atoms with E-state index in [1.165, 1.54) is 6.33 Å². The van der Waals surface area contributed by atoms with Gasteiger partial charge in [0, 0.05) is 13.6 Å². The van der Waals surface area contributed by atoms with Crippen LogP contribution in [0.4, 0.5) is 5.82 Å². The SMILES string of the molecule is CC(CCCNc1ncnc2c1cnn2C)C(=O)O. The normalized spacial score (nSPS) is 12.5. The molecule has 2 aromatic heterocycles. The Morgan fingerprint density at radius 1 is 1.53 bits per heavy atom. The van der Waals surface area contributed by atoms with Crippen molar-refractivity contribution in [3.05, 3.63) is 12.5 Å². The van der Waals surface area contributed by atoms with Gasteiger partial charge in [-0.05, 0) is 12.8 Å². The molecule has 1 atom stereocenters. The quantitative estimate of drug-likeness (QED) is 0.762. The van der Waals surface area contributed by atoms with Gasteiger partial charge in [-0.1, -0.05) is 6.92 Å². The van der Waals surface area contributed by atoms with Crippen molar-refractivity contribution in [3.8, 4) is 0 Å². The number of carboxylic acid groups (broad SMARTS) is 1. The van der Waals surface area contributed by atoms with E-state index in [9.17, 15) is 4.79 Å². The third-order valence-electron chi connectivity index (χ3n) is 3.06. The second kappa shape index (κ2) is 5.64. The summed E-state index contributed by atoms with van der Waals surface area (Å²) in [6.07, 6.45) is 4.63. The van der Waals surface area contributed by atoms with Crippen LogP contribution in [0.25, 0.3) is 11.0 Å². The number of aryl methyl sites for hydroxylation is 1. The number of rotatable bonds is 6. The minimum Gasteiger partial charge on any atom is -0.481 e. The fourth-order valence-corrected chi connectivity index (χ4v) is 1.84. The zero-order chi connectivity index (χ0) is 13.8. The molecular formula is C12H17N5O2. The summed E-state index contributed by atoms with van der Waals surface area (Å²) in [7, 11) is 1.83. The molecular weight excluding hydrogens is 246 g/mol. The predicted octanol–water partition coefficient (Wildman–Crippen LogP) is 1.28. The van der Waals surface area contributed by atoms with E-state index in [0.29, 0.717) is 13.0 Å². The van der Waals surface area contributed by atoms with Crippen molar-refractivity contribution in [2.75, 3.05) is 11.9 Å². The monoisotopic (exact) mass is 263 g/mol. The number of hydrogen-bond acceptors (Lipinski definition) is 5. The van der Waals surface area contributed by atoms with Gasteiger partial charge < -0.3 is 10.4 Å². The van der Waals surface area contributed by atoms with E-state index in [1.807, 2.05) is 7.05 Å². The topological polar surface area (TPSA) is 92.9 Å². The highest BCUT2D eigenvalue weighted by molar-refractivity contribution is 5.85. The predicted molar refractivity (Wildman–Crippen MR) is 70.8 cm³/mol. The van der Waals surface area contributed by atoms with E-state index >= 15 is 0 Å². The third kappa shape index (κ3) is 2.98. The summed E-state index contributed by atoms with van der Waals surface area (Å²) in [5.74, 6) is -0.330. The minimum atomic E-state index is -0.753. The van der Waals surface area contributed by atoms with Crippen molar-refractivity contribution in [2.45, 2.75) is 19.8 Å². The van der Waals surface area contributed by atoms with Crippen LogP contribution in [0, 0.1) is 5.92 Å². The van der Waals surface area contributed by atoms with Gasteiger partial charge in [-0.25, -0.2) is 9.97 Å². The molecule has 0 saturated heterocycles. The van der Waals surface area contributed by atoms with Gasteiger partial charge in [0.05, 0.1) is 17.5 Å². The second-order valence-electron chi connectivity index (χ2n) is 4.54. The summed E-state index contributed by atoms with van der Waals surface area (Å²) < 4.78 is 1.69. The van der Waals surface area contributed by atoms with Crippen molar-refractivity contribution >= 4 is 22.8 Å². The van der Waals surface area contributed by atoms with Gasteiger partial charge in [0.2, 0.25) is 0 Å². The lowest BCUT2D eigenvalue weighted by molar-refractivity contribution is -0.141. The Labute approximate surface area is 110 Å². The molecule has 0 aliphatic heterocycles. The summed E-state index contributed by atoms with van der Waals surface area (Å²) >= 11 is 0. The molecule has 1 unspecified atom stereocenters. The number of fused-ring (bicyclic) bond motifs is 1. The van der Waals surface area contributed by atoms with Crippen LogP contribution >= 0.6 is 0 Å². The van der Waals surface area contributed by atoms with Crippen LogP contribution in [0.5, 0.6) is 0 Å². The molecule has 19 heavy (non-hydrogen) atoms. The Morgan fingerprint density at radius 2 is 2.32 bits per heavy atom. The Hall–Kier alpha value is -2.18. The molecule has 2 aromatic rings. The van der Waals surface area contributed by atoms with E-state index < -0.39 is 5.97 Å². The first kappa shape index (κ1) is 13.3. The van der Waals surface area contributed by atoms with Gasteiger partial charge in [-0.3, -0.25) is 9.48 Å². The summed E-state index contributed by atoms with van der Waals surface area (Å²) in [6.45, 7) is 2.39. The molecule has 0 aliphatic carbocycles. The molecule has 0 aliphatic rings. The lowest BCUT2D eigenvalue weighted by atomic mass is 10.1. The minimum absolute atomic E-state index is 0.314. The molecule has 0 radical (unpaired) electrons. The molecule has 7 heteroatoms. The Balaban J connectivity index is 1.93. The van der Waals surface area contributed by atoms with Crippen LogP contribution in [-0.4, -0.2) is 37.4 Å². The number of carboxylic acids is 1. The fourth-order valence-electron chi connectivity index (χ4n) is 1.84. The zero-order valence-electron chi connectivity index (χ0n) is 11.0. The van der Waals surface area contributed by atoms with E-state index in [1.54, 1.807) is 17.8 Å². The third-order valence-corrected chi connectivity index (χ3v) is 3.06. The number of carbonyl (C=O) groups is 1. The first-order valence-electron chi connectivity index (χ1n) is 6.19. The van der Waals surface area contributed by atoms with Crippen LogP contribution in [0.2, 0.25) is 0 Å². The number of nitrogens with zero attached hydrogens (tertiary/aromatic N) is 4. The molecule has 2 heterocycles. The average molecular weight is 263 g/mol. The largest absolute Gasteiger partial charge is 0.481 e. The highest BCUT2D eigenvalue weighted by atomic mass is 16.4. The molecule has 0 amide bonds. The second-order valence-corrected chi connectivity index (χ2v) is 4.54. The molecule has 0 aromatic carbocycles. The van der Waals surface area contributed by atoms with Crippen molar-refractivity contribution in [3.63, 3.8) is 0 Å². The van der Waals surface area contributed by atoms with Crippen LogP contribution in [0.3, 0.4) is 0 Å². The van der Waals surface area contributed by atoms with Crippen LogP contribution < -0.4 is 5.32 Å². The van der Waals surface area contributed by atoms with Crippen molar-refractivity contribution < 1.29 is 9.90 Å². The van der Waals surface area contributed by atoms with Crippen LogP contribution in [-0.2, 0) is 11.8 Å². The summed E-state index contributed by atoms with van der Waals surface area (Å²) in [5, 5.41) is 17.0. The molecule has 0 spiro atoms. The highest BCUT2D eigenvalue weighted by Crippen LogP contribution is 2.17. The van der Waals surface area contributed by atoms with Crippen LogP contribution in [0.15, 0.2) is 12.5 Å². The van der Waals surface area contributed by atoms with Crippen molar-refractivity contribution in [2.24, 2.45) is 13.0 Å². The van der Waals surface area contributed by atoms with E-state index in [-0.39, 0.29) is 5.92 Å². The number of hydrogen-bond donors (Lipinski definition) is 2. The number of nitrogens with one attached hydrogen (secondary N) is 1. The summed E-state index contributed by atoms with van der Waals surface area (Å²) in [6, 6.07) is 0. The van der Waals surface area contributed by atoms with Crippen molar-refractivity contribution in [1.29, 1.82) is 0 Å². The maximum Gasteiger partial charge on any atom is 0.306 e. The lowest BCUT2D eigenvalue weighted by Crippen LogP contribution is -2.12. The maximum atomic E-state index is 10.7. The highest BCUT2D eigenvalue weighted by Gasteiger charge is 2.10. The Bertz CT molecular complexity index is 581. The van der Waals surface area contributed by atoms with E-state index in [2.05, 4.69) is 20.4 Å². The van der Waals surface area contributed by atoms with Gasteiger partial charge in [0.15, 0.2) is 5.65 Å². The van der Waals surface area contributed by atoms with Gasteiger partial charge in [0.25, 0.3) is 0 Å². The summed E-state index contributed by atoms with van der Waals surface area (Å²) in [5.41, 5.74) is 0.774. The Kier molecular flexibility index (Phi) is 3.94. The first-order chi connectivity index (χ1) is 9.09. The average Bonchev–Trinajstić information content (AvgIpc) is 2.77. The number of anilines is 1. The summed E-state index contributed by atoms with van der Waals surface area (Å²) in [4.78, 5) is 19.0. The van der Waals surface area contributed by atoms with Gasteiger partial charge in [-0.2, -0.15) is 5.10 Å². The fraction of sp³-hybridized carbons (Fsp3) is 0.500. The molecule has 2 N–H and O–H groups in total. The smallest absolute Gasteiger partial charge is 0.306 e. The molecule has 0 saturated carbocycles. The maximum absolute atomic E-state index is 10.7. The first-order valence-corrected chi connectivity index (χ1v) is 6.19. The van der Waals surface area contributed by atoms with Gasteiger partial charge in [0.1, 0.15) is 12.1 Å². The van der Waals surface area contributed by atoms with E-state index in [0.717, 1.165) is 23.3 Å². The standard InChI is InChI=1S/C12H17N5O2/c1-8(12(18)19)4-3-5-13-10-9-6-16-17(2)11(9)15-7-14-10/h6-8H,3-5H2,1-2H3,(H,18,19)(H,13,14,15). The molecule has 0 bridgehead atoms. The van der Waals surface area contributed by atoms with Gasteiger partial charge >= 0.3 is 5.97 Å². The number of aliphatic carboxylic acids is 1. The molecule has 2 rings (SSSR count). The van der Waals surface area contributed by atoms with Gasteiger partial charge in [-0.15, -0.1) is 0 Å². The Morgan fingerprint density at radius 3 is 3.05 bits per heavy atom. The molecule has 102 valence electrons.